The second kappa shape index (κ2) is 6.15. The Labute approximate surface area is 105 Å². The third-order valence-electron chi connectivity index (χ3n) is 2.23. The topological polar surface area (TPSA) is 89.0 Å². The van der Waals surface area contributed by atoms with E-state index < -0.39 is 0 Å². The molecular weight excluding hydrogens is 234 g/mol. The third kappa shape index (κ3) is 3.56. The van der Waals surface area contributed by atoms with Crippen LogP contribution in [0, 0.1) is 6.92 Å². The van der Waals surface area contributed by atoms with Crippen molar-refractivity contribution in [3.05, 3.63) is 23.7 Å². The number of anilines is 1. The second-order valence-corrected chi connectivity index (χ2v) is 3.90. The number of hydrogen-bond acceptors (Lipinski definition) is 7. The van der Waals surface area contributed by atoms with Gasteiger partial charge in [-0.3, -0.25) is 0 Å². The predicted octanol–water partition coefficient (Wildman–Crippen LogP) is 1.48. The van der Waals surface area contributed by atoms with Gasteiger partial charge in [-0.25, -0.2) is 4.98 Å². The molecule has 7 nitrogen and oxygen atoms in total. The molecule has 2 rings (SSSR count). The molecule has 0 amide bonds. The Kier molecular flexibility index (Phi) is 4.30. The summed E-state index contributed by atoms with van der Waals surface area (Å²) in [4.78, 5) is 4.07. The standard InChI is InChI=1S/C11H17N5O2/c1-3-4-12-6-10-15-16-11(18-10)14-7-9-13-5-8(2)17-9/h5,12H,3-4,6-7H2,1-2H3,(H,14,16). The maximum absolute atomic E-state index is 5.39. The highest BCUT2D eigenvalue weighted by molar-refractivity contribution is 5.17. The molecule has 0 atom stereocenters. The molecule has 0 aliphatic carbocycles. The smallest absolute Gasteiger partial charge is 0.315 e. The van der Waals surface area contributed by atoms with Crippen LogP contribution in [0.4, 0.5) is 6.01 Å². The minimum atomic E-state index is 0.374. The fraction of sp³-hybridized carbons (Fsp3) is 0.545. The van der Waals surface area contributed by atoms with E-state index in [9.17, 15) is 0 Å². The van der Waals surface area contributed by atoms with Crippen molar-refractivity contribution in [1.29, 1.82) is 0 Å². The van der Waals surface area contributed by atoms with E-state index in [4.69, 9.17) is 8.83 Å². The number of aryl methyl sites for hydroxylation is 1. The van der Waals surface area contributed by atoms with Gasteiger partial charge in [0.2, 0.25) is 11.8 Å². The van der Waals surface area contributed by atoms with Gasteiger partial charge in [-0.15, -0.1) is 5.10 Å². The van der Waals surface area contributed by atoms with Gasteiger partial charge in [0, 0.05) is 0 Å². The van der Waals surface area contributed by atoms with Crippen LogP contribution in [0.15, 0.2) is 15.0 Å². The fourth-order valence-corrected chi connectivity index (χ4v) is 1.40. The Balaban J connectivity index is 1.79. The highest BCUT2D eigenvalue weighted by Gasteiger charge is 2.06. The van der Waals surface area contributed by atoms with Crippen LogP contribution in [0.3, 0.4) is 0 Å². The molecule has 98 valence electrons. The zero-order valence-electron chi connectivity index (χ0n) is 10.6. The first kappa shape index (κ1) is 12.6. The maximum Gasteiger partial charge on any atom is 0.315 e. The van der Waals surface area contributed by atoms with E-state index in [1.807, 2.05) is 6.92 Å². The average Bonchev–Trinajstić information content (AvgIpc) is 2.96. The molecule has 0 saturated carbocycles. The largest absolute Gasteiger partial charge is 0.444 e. The first-order valence-corrected chi connectivity index (χ1v) is 5.96. The first-order valence-electron chi connectivity index (χ1n) is 5.96. The minimum Gasteiger partial charge on any atom is -0.444 e. The Morgan fingerprint density at radius 1 is 1.17 bits per heavy atom. The van der Waals surface area contributed by atoms with Crippen LogP contribution in [0.5, 0.6) is 0 Å². The number of aromatic nitrogens is 3. The monoisotopic (exact) mass is 251 g/mol. The van der Waals surface area contributed by atoms with Crippen molar-refractivity contribution in [3.63, 3.8) is 0 Å². The number of nitrogens with zero attached hydrogens (tertiary/aromatic N) is 3. The van der Waals surface area contributed by atoms with Crippen LogP contribution in [-0.2, 0) is 13.1 Å². The number of oxazole rings is 1. The summed E-state index contributed by atoms with van der Waals surface area (Å²) >= 11 is 0. The van der Waals surface area contributed by atoms with Crippen molar-refractivity contribution in [1.82, 2.24) is 20.5 Å². The molecule has 7 heteroatoms. The lowest BCUT2D eigenvalue weighted by molar-refractivity contribution is 0.461. The van der Waals surface area contributed by atoms with Crippen molar-refractivity contribution >= 4 is 6.01 Å². The maximum atomic E-state index is 5.39. The molecule has 0 aromatic carbocycles. The van der Waals surface area contributed by atoms with Crippen LogP contribution in [0.2, 0.25) is 0 Å². The number of rotatable bonds is 7. The Bertz CT molecular complexity index is 479. The summed E-state index contributed by atoms with van der Waals surface area (Å²) in [5.74, 6) is 1.94. The summed E-state index contributed by atoms with van der Waals surface area (Å²) in [5.41, 5.74) is 0. The molecular formula is C11H17N5O2. The van der Waals surface area contributed by atoms with Gasteiger partial charge in [0.1, 0.15) is 5.76 Å². The molecule has 2 aromatic heterocycles. The summed E-state index contributed by atoms with van der Waals surface area (Å²) in [7, 11) is 0. The molecule has 0 aliphatic heterocycles. The van der Waals surface area contributed by atoms with Crippen LogP contribution in [0.25, 0.3) is 0 Å². The predicted molar refractivity (Wildman–Crippen MR) is 64.9 cm³/mol. The third-order valence-corrected chi connectivity index (χ3v) is 2.23. The van der Waals surface area contributed by atoms with E-state index in [-0.39, 0.29) is 0 Å². The zero-order chi connectivity index (χ0) is 12.8. The molecule has 0 spiro atoms. The van der Waals surface area contributed by atoms with Crippen molar-refractivity contribution in [2.75, 3.05) is 11.9 Å². The highest BCUT2D eigenvalue weighted by atomic mass is 16.4. The van der Waals surface area contributed by atoms with E-state index in [0.717, 1.165) is 18.7 Å². The molecule has 0 saturated heterocycles. The summed E-state index contributed by atoms with van der Waals surface area (Å²) in [5, 5.41) is 13.9. The SMILES string of the molecule is CCCNCc1nnc(NCc2ncc(C)o2)o1. The van der Waals surface area contributed by atoms with E-state index in [1.54, 1.807) is 6.20 Å². The fourth-order valence-electron chi connectivity index (χ4n) is 1.40. The van der Waals surface area contributed by atoms with Crippen LogP contribution < -0.4 is 10.6 Å². The zero-order valence-corrected chi connectivity index (χ0v) is 10.6. The van der Waals surface area contributed by atoms with Gasteiger partial charge in [-0.05, 0) is 19.9 Å². The van der Waals surface area contributed by atoms with E-state index in [0.29, 0.717) is 30.9 Å². The Morgan fingerprint density at radius 2 is 2.06 bits per heavy atom. The van der Waals surface area contributed by atoms with Gasteiger partial charge in [0.25, 0.3) is 0 Å². The minimum absolute atomic E-state index is 0.374. The molecule has 0 unspecified atom stereocenters. The first-order chi connectivity index (χ1) is 8.78. The summed E-state index contributed by atoms with van der Waals surface area (Å²) in [6.07, 6.45) is 2.74. The molecule has 0 bridgehead atoms. The van der Waals surface area contributed by atoms with Gasteiger partial charge in [-0.1, -0.05) is 12.0 Å². The Morgan fingerprint density at radius 3 is 2.78 bits per heavy atom. The second-order valence-electron chi connectivity index (χ2n) is 3.90. The molecule has 2 N–H and O–H groups in total. The van der Waals surface area contributed by atoms with Gasteiger partial charge >= 0.3 is 6.01 Å². The molecule has 0 fully saturated rings. The quantitative estimate of drug-likeness (QED) is 0.720. The van der Waals surface area contributed by atoms with Crippen LogP contribution in [0.1, 0.15) is 30.9 Å². The lowest BCUT2D eigenvalue weighted by atomic mass is 10.5. The summed E-state index contributed by atoms with van der Waals surface area (Å²) in [6.45, 7) is 5.89. The summed E-state index contributed by atoms with van der Waals surface area (Å²) < 4.78 is 10.7. The average molecular weight is 251 g/mol. The molecule has 18 heavy (non-hydrogen) atoms. The normalized spacial score (nSPS) is 10.8. The Hall–Kier alpha value is -1.89. The van der Waals surface area contributed by atoms with Gasteiger partial charge < -0.3 is 19.5 Å². The summed E-state index contributed by atoms with van der Waals surface area (Å²) in [6, 6.07) is 0.374. The molecule has 2 heterocycles. The van der Waals surface area contributed by atoms with Crippen molar-refractivity contribution in [2.45, 2.75) is 33.4 Å². The van der Waals surface area contributed by atoms with E-state index in [2.05, 4.69) is 32.7 Å². The van der Waals surface area contributed by atoms with Crippen molar-refractivity contribution in [2.24, 2.45) is 0 Å². The highest BCUT2D eigenvalue weighted by Crippen LogP contribution is 2.08. The van der Waals surface area contributed by atoms with Gasteiger partial charge in [-0.2, -0.15) is 0 Å². The lowest BCUT2D eigenvalue weighted by Gasteiger charge is -1.97. The van der Waals surface area contributed by atoms with E-state index in [1.165, 1.54) is 0 Å². The molecule has 0 radical (unpaired) electrons. The molecule has 2 aromatic rings. The van der Waals surface area contributed by atoms with E-state index >= 15 is 0 Å². The van der Waals surface area contributed by atoms with Crippen molar-refractivity contribution in [3.8, 4) is 0 Å². The number of hydrogen-bond donors (Lipinski definition) is 2. The molecule has 0 aliphatic rings. The lowest BCUT2D eigenvalue weighted by Crippen LogP contribution is -2.13. The number of nitrogens with one attached hydrogen (secondary N) is 2. The van der Waals surface area contributed by atoms with Crippen LogP contribution in [-0.4, -0.2) is 21.7 Å². The van der Waals surface area contributed by atoms with Gasteiger partial charge in [0.05, 0.1) is 19.3 Å². The van der Waals surface area contributed by atoms with Gasteiger partial charge in [0.15, 0.2) is 0 Å². The van der Waals surface area contributed by atoms with Crippen molar-refractivity contribution < 1.29 is 8.83 Å². The van der Waals surface area contributed by atoms with Crippen LogP contribution >= 0.6 is 0 Å².